The molecular formula is C11H14BrNO. The number of hydrogen-bond donors (Lipinski definition) is 1. The maximum atomic E-state index is 5.29. The normalized spacial score (nSPS) is 21.4. The Morgan fingerprint density at radius 2 is 2.14 bits per heavy atom. The molecule has 1 aliphatic heterocycles. The Morgan fingerprint density at radius 3 is 2.79 bits per heavy atom. The molecule has 0 bridgehead atoms. The van der Waals surface area contributed by atoms with Crippen LogP contribution in [0, 0.1) is 0 Å². The quantitative estimate of drug-likeness (QED) is 0.896. The van der Waals surface area contributed by atoms with E-state index in [0.29, 0.717) is 6.04 Å². The first-order valence-electron chi connectivity index (χ1n) is 4.90. The van der Waals surface area contributed by atoms with E-state index in [1.807, 2.05) is 0 Å². The van der Waals surface area contributed by atoms with E-state index in [4.69, 9.17) is 4.74 Å². The number of halogens is 1. The minimum absolute atomic E-state index is 0.540. The molecule has 1 N–H and O–H groups in total. The zero-order chi connectivity index (χ0) is 9.80. The Morgan fingerprint density at radius 1 is 1.36 bits per heavy atom. The number of hydrogen-bond acceptors (Lipinski definition) is 2. The van der Waals surface area contributed by atoms with Crippen LogP contribution in [0.15, 0.2) is 28.7 Å². The van der Waals surface area contributed by atoms with Crippen LogP contribution in [0.5, 0.6) is 0 Å². The summed E-state index contributed by atoms with van der Waals surface area (Å²) < 4.78 is 6.42. The van der Waals surface area contributed by atoms with E-state index in [1.54, 1.807) is 0 Å². The Hall–Kier alpha value is -0.380. The van der Waals surface area contributed by atoms with E-state index in [0.717, 1.165) is 30.7 Å². The Kier molecular flexibility index (Phi) is 3.56. The molecular weight excluding hydrogens is 242 g/mol. The molecule has 0 radical (unpaired) electrons. The predicted octanol–water partition coefficient (Wildman–Crippen LogP) is 2.33. The molecule has 0 aliphatic carbocycles. The first kappa shape index (κ1) is 10.1. The SMILES string of the molecule is Brc1ccc(CNC2CCOC2)cc1. The smallest absolute Gasteiger partial charge is 0.0620 e. The molecule has 1 heterocycles. The maximum Gasteiger partial charge on any atom is 0.0620 e. The Labute approximate surface area is 92.8 Å². The van der Waals surface area contributed by atoms with Crippen LogP contribution in [0.25, 0.3) is 0 Å². The second kappa shape index (κ2) is 4.91. The molecule has 1 unspecified atom stereocenters. The summed E-state index contributed by atoms with van der Waals surface area (Å²) in [4.78, 5) is 0. The van der Waals surface area contributed by atoms with E-state index in [2.05, 4.69) is 45.5 Å². The summed E-state index contributed by atoms with van der Waals surface area (Å²) in [5, 5.41) is 3.48. The van der Waals surface area contributed by atoms with Gasteiger partial charge in [0.05, 0.1) is 6.61 Å². The van der Waals surface area contributed by atoms with Gasteiger partial charge >= 0.3 is 0 Å². The van der Waals surface area contributed by atoms with Crippen LogP contribution in [0.1, 0.15) is 12.0 Å². The summed E-state index contributed by atoms with van der Waals surface area (Å²) in [5.74, 6) is 0. The molecule has 76 valence electrons. The lowest BCUT2D eigenvalue weighted by atomic mass is 10.2. The van der Waals surface area contributed by atoms with Crippen LogP contribution in [-0.2, 0) is 11.3 Å². The van der Waals surface area contributed by atoms with Crippen molar-refractivity contribution in [1.82, 2.24) is 5.32 Å². The van der Waals surface area contributed by atoms with Gasteiger partial charge in [0.2, 0.25) is 0 Å². The fourth-order valence-corrected chi connectivity index (χ4v) is 1.82. The van der Waals surface area contributed by atoms with E-state index < -0.39 is 0 Å². The van der Waals surface area contributed by atoms with Crippen molar-refractivity contribution in [2.45, 2.75) is 19.0 Å². The number of rotatable bonds is 3. The zero-order valence-electron chi connectivity index (χ0n) is 8.00. The molecule has 1 atom stereocenters. The number of ether oxygens (including phenoxy) is 1. The molecule has 3 heteroatoms. The highest BCUT2D eigenvalue weighted by molar-refractivity contribution is 9.10. The van der Waals surface area contributed by atoms with Crippen LogP contribution in [0.4, 0.5) is 0 Å². The minimum Gasteiger partial charge on any atom is -0.380 e. The molecule has 1 aromatic carbocycles. The van der Waals surface area contributed by atoms with Gasteiger partial charge in [-0.1, -0.05) is 28.1 Å². The van der Waals surface area contributed by atoms with Gasteiger partial charge in [0.15, 0.2) is 0 Å². The van der Waals surface area contributed by atoms with Gasteiger partial charge in [0.1, 0.15) is 0 Å². The van der Waals surface area contributed by atoms with E-state index in [9.17, 15) is 0 Å². The van der Waals surface area contributed by atoms with Crippen molar-refractivity contribution in [2.24, 2.45) is 0 Å². The van der Waals surface area contributed by atoms with Gasteiger partial charge in [-0.2, -0.15) is 0 Å². The van der Waals surface area contributed by atoms with Gasteiger partial charge in [0, 0.05) is 23.7 Å². The molecule has 1 aromatic rings. The zero-order valence-corrected chi connectivity index (χ0v) is 9.59. The van der Waals surface area contributed by atoms with E-state index in [1.165, 1.54) is 5.56 Å². The van der Waals surface area contributed by atoms with Crippen LogP contribution < -0.4 is 5.32 Å². The average Bonchev–Trinajstić information content (AvgIpc) is 2.70. The second-order valence-electron chi connectivity index (χ2n) is 3.57. The molecule has 0 saturated carbocycles. The van der Waals surface area contributed by atoms with Gasteiger partial charge in [-0.3, -0.25) is 0 Å². The van der Waals surface area contributed by atoms with Crippen molar-refractivity contribution in [2.75, 3.05) is 13.2 Å². The Bertz CT molecular complexity index is 280. The van der Waals surface area contributed by atoms with Crippen molar-refractivity contribution < 1.29 is 4.74 Å². The van der Waals surface area contributed by atoms with Crippen molar-refractivity contribution in [3.8, 4) is 0 Å². The van der Waals surface area contributed by atoms with Crippen molar-refractivity contribution in [3.05, 3.63) is 34.3 Å². The lowest BCUT2D eigenvalue weighted by molar-refractivity contribution is 0.190. The monoisotopic (exact) mass is 255 g/mol. The van der Waals surface area contributed by atoms with Gasteiger partial charge in [-0.05, 0) is 24.1 Å². The highest BCUT2D eigenvalue weighted by Crippen LogP contribution is 2.11. The summed E-state index contributed by atoms with van der Waals surface area (Å²) >= 11 is 3.42. The average molecular weight is 256 g/mol. The van der Waals surface area contributed by atoms with Crippen molar-refractivity contribution in [3.63, 3.8) is 0 Å². The molecule has 0 aromatic heterocycles. The summed E-state index contributed by atoms with van der Waals surface area (Å²) in [6, 6.07) is 8.95. The van der Waals surface area contributed by atoms with Crippen LogP contribution in [-0.4, -0.2) is 19.3 Å². The predicted molar refractivity (Wildman–Crippen MR) is 60.2 cm³/mol. The summed E-state index contributed by atoms with van der Waals surface area (Å²) in [5.41, 5.74) is 1.32. The third-order valence-corrected chi connectivity index (χ3v) is 2.97. The minimum atomic E-state index is 0.540. The van der Waals surface area contributed by atoms with E-state index >= 15 is 0 Å². The van der Waals surface area contributed by atoms with Crippen LogP contribution >= 0.6 is 15.9 Å². The first-order chi connectivity index (χ1) is 6.84. The first-order valence-corrected chi connectivity index (χ1v) is 5.69. The Balaban J connectivity index is 1.82. The van der Waals surface area contributed by atoms with Crippen molar-refractivity contribution >= 4 is 15.9 Å². The maximum absolute atomic E-state index is 5.29. The van der Waals surface area contributed by atoms with Crippen LogP contribution in [0.3, 0.4) is 0 Å². The molecule has 1 aliphatic rings. The highest BCUT2D eigenvalue weighted by atomic mass is 79.9. The lowest BCUT2D eigenvalue weighted by Crippen LogP contribution is -2.28. The number of benzene rings is 1. The standard InChI is InChI=1S/C11H14BrNO/c12-10-3-1-9(2-4-10)7-13-11-5-6-14-8-11/h1-4,11,13H,5-8H2. The largest absolute Gasteiger partial charge is 0.380 e. The van der Waals surface area contributed by atoms with Gasteiger partial charge in [-0.25, -0.2) is 0 Å². The second-order valence-corrected chi connectivity index (χ2v) is 4.48. The molecule has 1 saturated heterocycles. The van der Waals surface area contributed by atoms with Crippen LogP contribution in [0.2, 0.25) is 0 Å². The topological polar surface area (TPSA) is 21.3 Å². The van der Waals surface area contributed by atoms with Gasteiger partial charge in [0.25, 0.3) is 0 Å². The molecule has 2 nitrogen and oxygen atoms in total. The lowest BCUT2D eigenvalue weighted by Gasteiger charge is -2.10. The molecule has 14 heavy (non-hydrogen) atoms. The summed E-state index contributed by atoms with van der Waals surface area (Å²) in [7, 11) is 0. The highest BCUT2D eigenvalue weighted by Gasteiger charge is 2.13. The fourth-order valence-electron chi connectivity index (χ4n) is 1.56. The third kappa shape index (κ3) is 2.80. The van der Waals surface area contributed by atoms with Gasteiger partial charge in [-0.15, -0.1) is 0 Å². The molecule has 1 fully saturated rings. The van der Waals surface area contributed by atoms with Crippen molar-refractivity contribution in [1.29, 1.82) is 0 Å². The molecule has 2 rings (SSSR count). The van der Waals surface area contributed by atoms with Gasteiger partial charge < -0.3 is 10.1 Å². The summed E-state index contributed by atoms with van der Waals surface area (Å²) in [6.07, 6.45) is 1.14. The van der Waals surface area contributed by atoms with E-state index in [-0.39, 0.29) is 0 Å². The fraction of sp³-hybridized carbons (Fsp3) is 0.455. The third-order valence-electron chi connectivity index (χ3n) is 2.44. The number of nitrogens with one attached hydrogen (secondary N) is 1. The molecule has 0 spiro atoms. The summed E-state index contributed by atoms with van der Waals surface area (Å²) in [6.45, 7) is 2.69. The molecule has 0 amide bonds.